The summed E-state index contributed by atoms with van der Waals surface area (Å²) in [5, 5.41) is 0. The van der Waals surface area contributed by atoms with E-state index >= 15 is 0 Å². The molecule has 0 saturated heterocycles. The lowest BCUT2D eigenvalue weighted by Crippen LogP contribution is -2.51. The molecule has 0 amide bonds. The Morgan fingerprint density at radius 1 is 1.25 bits per heavy atom. The maximum Gasteiger partial charge on any atom is 0.216 e. The topological polar surface area (TPSA) is 72.2 Å². The highest BCUT2D eigenvalue weighted by Crippen LogP contribution is 2.29. The fourth-order valence-electron chi connectivity index (χ4n) is 2.59. The summed E-state index contributed by atoms with van der Waals surface area (Å²) in [5.41, 5.74) is 5.34. The predicted octanol–water partition coefficient (Wildman–Crippen LogP) is 1.94. The van der Waals surface area contributed by atoms with Crippen LogP contribution in [0.1, 0.15) is 31.2 Å². The first-order valence-electron chi connectivity index (χ1n) is 6.41. The Balaban J connectivity index is 0.00000200. The lowest BCUT2D eigenvalue weighted by atomic mass is 10.0. The van der Waals surface area contributed by atoms with Crippen molar-refractivity contribution in [2.45, 2.75) is 37.0 Å². The van der Waals surface area contributed by atoms with E-state index in [4.69, 9.17) is 5.73 Å². The van der Waals surface area contributed by atoms with Gasteiger partial charge in [0.25, 0.3) is 0 Å². The molecule has 1 aromatic carbocycles. The van der Waals surface area contributed by atoms with Gasteiger partial charge >= 0.3 is 0 Å². The Kier molecular flexibility index (Phi) is 5.94. The molecule has 0 heterocycles. The van der Waals surface area contributed by atoms with Crippen molar-refractivity contribution in [2.75, 3.05) is 6.54 Å². The van der Waals surface area contributed by atoms with Gasteiger partial charge in [-0.3, -0.25) is 0 Å². The molecule has 7 heteroatoms. The number of hydrogen-bond acceptors (Lipinski definition) is 3. The maximum atomic E-state index is 13.5. The fourth-order valence-corrected chi connectivity index (χ4v) is 4.25. The predicted molar refractivity (Wildman–Crippen MR) is 79.7 cm³/mol. The van der Waals surface area contributed by atoms with Gasteiger partial charge < -0.3 is 5.73 Å². The zero-order valence-electron chi connectivity index (χ0n) is 11.1. The Bertz CT molecular complexity index is 545. The van der Waals surface area contributed by atoms with Crippen molar-refractivity contribution >= 4 is 22.4 Å². The summed E-state index contributed by atoms with van der Waals surface area (Å²) in [6.07, 6.45) is 3.44. The van der Waals surface area contributed by atoms with Crippen LogP contribution in [-0.2, 0) is 15.8 Å². The molecule has 0 bridgehead atoms. The second kappa shape index (κ2) is 6.85. The van der Waals surface area contributed by atoms with Gasteiger partial charge in [0, 0.05) is 17.6 Å². The van der Waals surface area contributed by atoms with Crippen LogP contribution >= 0.6 is 12.4 Å². The lowest BCUT2D eigenvalue weighted by molar-refractivity contribution is 0.399. The highest BCUT2D eigenvalue weighted by atomic mass is 35.5. The zero-order chi connectivity index (χ0) is 13.9. The zero-order valence-corrected chi connectivity index (χ0v) is 12.8. The number of hydrogen-bond donors (Lipinski definition) is 2. The molecule has 2 rings (SSSR count). The van der Waals surface area contributed by atoms with Gasteiger partial charge in [-0.1, -0.05) is 31.0 Å². The summed E-state index contributed by atoms with van der Waals surface area (Å²) in [6, 6.07) is 5.91. The van der Waals surface area contributed by atoms with E-state index < -0.39 is 21.4 Å². The quantitative estimate of drug-likeness (QED) is 0.870. The SMILES string of the molecule is Cl.NCC1(NS(=O)(=O)Cc2ccccc2F)CCCC1. The fraction of sp³-hybridized carbons (Fsp3) is 0.538. The van der Waals surface area contributed by atoms with E-state index in [1.54, 1.807) is 6.07 Å². The van der Waals surface area contributed by atoms with Gasteiger partial charge in [0.1, 0.15) is 5.82 Å². The second-order valence-corrected chi connectivity index (χ2v) is 6.87. The summed E-state index contributed by atoms with van der Waals surface area (Å²) in [7, 11) is -3.58. The van der Waals surface area contributed by atoms with Crippen molar-refractivity contribution in [1.29, 1.82) is 0 Å². The molecule has 0 atom stereocenters. The molecular formula is C13H20ClFN2O2S. The molecule has 1 aromatic rings. The molecule has 0 aromatic heterocycles. The molecule has 4 nitrogen and oxygen atoms in total. The van der Waals surface area contributed by atoms with Crippen LogP contribution in [0.2, 0.25) is 0 Å². The molecule has 1 saturated carbocycles. The first-order chi connectivity index (χ1) is 8.96. The van der Waals surface area contributed by atoms with Gasteiger partial charge in [-0.15, -0.1) is 12.4 Å². The molecule has 0 aliphatic heterocycles. The van der Waals surface area contributed by atoms with Crippen molar-refractivity contribution in [1.82, 2.24) is 4.72 Å². The minimum Gasteiger partial charge on any atom is -0.329 e. The van der Waals surface area contributed by atoms with Crippen molar-refractivity contribution < 1.29 is 12.8 Å². The van der Waals surface area contributed by atoms with Gasteiger partial charge in [-0.05, 0) is 18.9 Å². The van der Waals surface area contributed by atoms with Crippen molar-refractivity contribution in [3.8, 4) is 0 Å². The van der Waals surface area contributed by atoms with Crippen molar-refractivity contribution in [2.24, 2.45) is 5.73 Å². The summed E-state index contributed by atoms with van der Waals surface area (Å²) < 4.78 is 40.4. The van der Waals surface area contributed by atoms with Crippen molar-refractivity contribution in [3.05, 3.63) is 35.6 Å². The number of sulfonamides is 1. The average Bonchev–Trinajstić information content (AvgIpc) is 2.80. The monoisotopic (exact) mass is 322 g/mol. The lowest BCUT2D eigenvalue weighted by Gasteiger charge is -2.28. The van der Waals surface area contributed by atoms with E-state index in [0.717, 1.165) is 25.7 Å². The molecule has 0 radical (unpaired) electrons. The first kappa shape index (κ1) is 17.4. The van der Waals surface area contributed by atoms with Crippen LogP contribution in [-0.4, -0.2) is 20.5 Å². The third-order valence-electron chi connectivity index (χ3n) is 3.63. The Morgan fingerprint density at radius 2 is 1.85 bits per heavy atom. The summed E-state index contributed by atoms with van der Waals surface area (Å²) in [4.78, 5) is 0. The average molecular weight is 323 g/mol. The van der Waals surface area contributed by atoms with Gasteiger partial charge in [-0.25, -0.2) is 17.5 Å². The van der Waals surface area contributed by atoms with Crippen LogP contribution in [0.4, 0.5) is 4.39 Å². The number of nitrogens with two attached hydrogens (primary N) is 1. The maximum absolute atomic E-state index is 13.5. The van der Waals surface area contributed by atoms with E-state index in [9.17, 15) is 12.8 Å². The first-order valence-corrected chi connectivity index (χ1v) is 8.07. The van der Waals surface area contributed by atoms with Crippen LogP contribution in [0.5, 0.6) is 0 Å². The molecule has 20 heavy (non-hydrogen) atoms. The van der Waals surface area contributed by atoms with E-state index in [-0.39, 0.29) is 30.3 Å². The van der Waals surface area contributed by atoms with Crippen molar-refractivity contribution in [3.63, 3.8) is 0 Å². The summed E-state index contributed by atoms with van der Waals surface area (Å²) in [5.74, 6) is -0.845. The van der Waals surface area contributed by atoms with Gasteiger partial charge in [0.15, 0.2) is 0 Å². The van der Waals surface area contributed by atoms with E-state index in [0.29, 0.717) is 0 Å². The second-order valence-electron chi connectivity index (χ2n) is 5.14. The number of rotatable bonds is 5. The molecule has 0 spiro atoms. The van der Waals surface area contributed by atoms with Crippen LogP contribution in [0.15, 0.2) is 24.3 Å². The Hall–Kier alpha value is -0.690. The van der Waals surface area contributed by atoms with E-state index in [1.165, 1.54) is 18.2 Å². The molecule has 0 unspecified atom stereocenters. The smallest absolute Gasteiger partial charge is 0.216 e. The standard InChI is InChI=1S/C13H19FN2O2S.ClH/c14-12-6-2-1-5-11(12)9-19(17,18)16-13(10-15)7-3-4-8-13;/h1-2,5-6,16H,3-4,7-10,15H2;1H. The van der Waals surface area contributed by atoms with E-state index in [1.807, 2.05) is 0 Å². The Labute approximate surface area is 125 Å². The van der Waals surface area contributed by atoms with Gasteiger partial charge in [-0.2, -0.15) is 0 Å². The third kappa shape index (κ3) is 4.15. The number of nitrogens with one attached hydrogen (secondary N) is 1. The van der Waals surface area contributed by atoms with E-state index in [2.05, 4.69) is 4.72 Å². The highest BCUT2D eigenvalue weighted by Gasteiger charge is 2.36. The number of halogens is 2. The molecule has 1 fully saturated rings. The molecule has 1 aliphatic carbocycles. The van der Waals surface area contributed by atoms with Crippen LogP contribution in [0, 0.1) is 5.82 Å². The number of benzene rings is 1. The molecular weight excluding hydrogens is 303 g/mol. The highest BCUT2D eigenvalue weighted by molar-refractivity contribution is 7.88. The van der Waals surface area contributed by atoms with Gasteiger partial charge in [0.05, 0.1) is 5.75 Å². The Morgan fingerprint density at radius 3 is 2.40 bits per heavy atom. The minimum atomic E-state index is -3.58. The summed E-state index contributed by atoms with van der Waals surface area (Å²) >= 11 is 0. The normalized spacial score (nSPS) is 17.7. The molecule has 1 aliphatic rings. The summed E-state index contributed by atoms with van der Waals surface area (Å²) in [6.45, 7) is 0.281. The molecule has 3 N–H and O–H groups in total. The van der Waals surface area contributed by atoms with Gasteiger partial charge in [0.2, 0.25) is 10.0 Å². The van der Waals surface area contributed by atoms with Crippen LogP contribution in [0.3, 0.4) is 0 Å². The van der Waals surface area contributed by atoms with Crippen LogP contribution in [0.25, 0.3) is 0 Å². The minimum absolute atomic E-state index is 0. The van der Waals surface area contributed by atoms with Crippen LogP contribution < -0.4 is 10.5 Å². The molecule has 114 valence electrons. The largest absolute Gasteiger partial charge is 0.329 e. The third-order valence-corrected chi connectivity index (χ3v) is 5.06.